The van der Waals surface area contributed by atoms with Crippen molar-refractivity contribution in [3.05, 3.63) is 53.7 Å². The zero-order valence-corrected chi connectivity index (χ0v) is 12.5. The molecule has 5 nitrogen and oxygen atoms in total. The second-order valence-electron chi connectivity index (χ2n) is 5.91. The number of imide groups is 1. The Bertz CT molecular complexity index is 822. The average molecular weight is 329 g/mol. The van der Waals surface area contributed by atoms with Gasteiger partial charge in [0.2, 0.25) is 5.91 Å². The van der Waals surface area contributed by atoms with Gasteiger partial charge in [-0.15, -0.1) is 0 Å². The molecule has 4 rings (SSSR count). The van der Waals surface area contributed by atoms with Crippen LogP contribution in [0.15, 0.2) is 36.5 Å². The van der Waals surface area contributed by atoms with Crippen LogP contribution in [0, 0.1) is 11.6 Å². The molecular formula is C17H13F2N3O2. The summed E-state index contributed by atoms with van der Waals surface area (Å²) in [6.45, 7) is 0.0398. The van der Waals surface area contributed by atoms with Crippen molar-refractivity contribution in [1.82, 2.24) is 15.2 Å². The average Bonchev–Trinajstić information content (AvgIpc) is 3.29. The van der Waals surface area contributed by atoms with E-state index >= 15 is 0 Å². The molecule has 2 aliphatic rings. The lowest BCUT2D eigenvalue weighted by molar-refractivity contribution is -0.125. The van der Waals surface area contributed by atoms with Crippen molar-refractivity contribution in [3.8, 4) is 11.3 Å². The highest BCUT2D eigenvalue weighted by molar-refractivity contribution is 6.02. The van der Waals surface area contributed by atoms with Gasteiger partial charge in [0, 0.05) is 23.7 Å². The summed E-state index contributed by atoms with van der Waals surface area (Å²) in [4.78, 5) is 28.8. The minimum absolute atomic E-state index is 0.0386. The Kier molecular flexibility index (Phi) is 3.30. The molecule has 1 aromatic carbocycles. The molecule has 0 unspecified atom stereocenters. The molecule has 1 aromatic heterocycles. The predicted molar refractivity (Wildman–Crippen MR) is 81.0 cm³/mol. The van der Waals surface area contributed by atoms with Crippen molar-refractivity contribution < 1.29 is 18.4 Å². The van der Waals surface area contributed by atoms with Crippen LogP contribution in [0.5, 0.6) is 0 Å². The predicted octanol–water partition coefficient (Wildman–Crippen LogP) is 2.43. The number of pyridine rings is 1. The SMILES string of the molecule is O=C1CNC(=O)N1[C@H]1C[C@@H]1c1ccc(-c2cccc(F)c2F)nc1. The Morgan fingerprint density at radius 3 is 2.67 bits per heavy atom. The number of aromatic nitrogens is 1. The summed E-state index contributed by atoms with van der Waals surface area (Å²) in [6, 6.07) is 6.83. The third kappa shape index (κ3) is 2.33. The van der Waals surface area contributed by atoms with E-state index in [1.165, 1.54) is 17.0 Å². The largest absolute Gasteiger partial charge is 0.329 e. The van der Waals surface area contributed by atoms with Gasteiger partial charge in [-0.3, -0.25) is 14.7 Å². The molecule has 2 atom stereocenters. The monoisotopic (exact) mass is 329 g/mol. The molecule has 0 spiro atoms. The molecule has 2 aromatic rings. The number of rotatable bonds is 3. The summed E-state index contributed by atoms with van der Waals surface area (Å²) in [5.41, 5.74) is 1.30. The molecule has 1 N–H and O–H groups in total. The van der Waals surface area contributed by atoms with E-state index in [0.29, 0.717) is 12.1 Å². The van der Waals surface area contributed by atoms with Gasteiger partial charge in [-0.25, -0.2) is 13.6 Å². The van der Waals surface area contributed by atoms with Crippen LogP contribution in [0.4, 0.5) is 13.6 Å². The van der Waals surface area contributed by atoms with Gasteiger partial charge in [0.15, 0.2) is 11.6 Å². The van der Waals surface area contributed by atoms with Crippen LogP contribution in [0.1, 0.15) is 17.9 Å². The van der Waals surface area contributed by atoms with E-state index in [2.05, 4.69) is 10.3 Å². The number of nitrogens with one attached hydrogen (secondary N) is 1. The van der Waals surface area contributed by atoms with Crippen LogP contribution in [0.3, 0.4) is 0 Å². The zero-order chi connectivity index (χ0) is 16.8. The van der Waals surface area contributed by atoms with Crippen LogP contribution in [0.2, 0.25) is 0 Å². The topological polar surface area (TPSA) is 62.3 Å². The maximum atomic E-state index is 13.8. The minimum atomic E-state index is -0.929. The zero-order valence-electron chi connectivity index (χ0n) is 12.5. The molecule has 2 fully saturated rings. The van der Waals surface area contributed by atoms with Crippen molar-refractivity contribution in [3.63, 3.8) is 0 Å². The number of hydrogen-bond acceptors (Lipinski definition) is 3. The first-order valence-corrected chi connectivity index (χ1v) is 7.56. The van der Waals surface area contributed by atoms with Crippen molar-refractivity contribution >= 4 is 11.9 Å². The fourth-order valence-electron chi connectivity index (χ4n) is 3.08. The Morgan fingerprint density at radius 1 is 1.17 bits per heavy atom. The molecule has 7 heteroatoms. The summed E-state index contributed by atoms with van der Waals surface area (Å²) in [5, 5.41) is 2.50. The fraction of sp³-hybridized carbons (Fsp3) is 0.235. The maximum Gasteiger partial charge on any atom is 0.324 e. The summed E-state index contributed by atoms with van der Waals surface area (Å²) in [5.74, 6) is -2.03. The van der Waals surface area contributed by atoms with E-state index in [-0.39, 0.29) is 36.0 Å². The number of nitrogens with zero attached hydrogens (tertiary/aromatic N) is 2. The highest BCUT2D eigenvalue weighted by Crippen LogP contribution is 2.45. The lowest BCUT2D eigenvalue weighted by atomic mass is 10.1. The molecule has 2 heterocycles. The molecular weight excluding hydrogens is 316 g/mol. The van der Waals surface area contributed by atoms with E-state index < -0.39 is 11.6 Å². The number of urea groups is 1. The number of carbonyl (C=O) groups excluding carboxylic acids is 2. The Hall–Kier alpha value is -2.83. The number of benzene rings is 1. The van der Waals surface area contributed by atoms with Gasteiger partial charge >= 0.3 is 6.03 Å². The van der Waals surface area contributed by atoms with Gasteiger partial charge in [0.1, 0.15) is 0 Å². The second kappa shape index (κ2) is 5.36. The Labute approximate surface area is 136 Å². The molecule has 24 heavy (non-hydrogen) atoms. The Morgan fingerprint density at radius 2 is 2.00 bits per heavy atom. The molecule has 1 saturated carbocycles. The van der Waals surface area contributed by atoms with Crippen molar-refractivity contribution in [2.75, 3.05) is 6.54 Å². The lowest BCUT2D eigenvalue weighted by Gasteiger charge is -2.12. The smallest absolute Gasteiger partial charge is 0.324 e. The van der Waals surface area contributed by atoms with Crippen molar-refractivity contribution in [2.45, 2.75) is 18.4 Å². The standard InChI is InChI=1S/C17H13F2N3O2/c18-12-3-1-2-10(16(12)19)13-5-4-9(7-20-13)11-6-14(11)22-15(23)8-21-17(22)24/h1-5,7,11,14H,6,8H2,(H,21,24)/t11-,14+/m1/s1. The number of halogens is 2. The lowest BCUT2D eigenvalue weighted by Crippen LogP contribution is -2.33. The van der Waals surface area contributed by atoms with Gasteiger partial charge in [-0.1, -0.05) is 12.1 Å². The van der Waals surface area contributed by atoms with Crippen LogP contribution in [-0.4, -0.2) is 34.4 Å². The van der Waals surface area contributed by atoms with E-state index in [9.17, 15) is 18.4 Å². The molecule has 0 bridgehead atoms. The first-order chi connectivity index (χ1) is 11.6. The van der Waals surface area contributed by atoms with Crippen LogP contribution >= 0.6 is 0 Å². The first-order valence-electron chi connectivity index (χ1n) is 7.56. The molecule has 1 aliphatic carbocycles. The number of amides is 3. The van der Waals surface area contributed by atoms with Crippen LogP contribution in [0.25, 0.3) is 11.3 Å². The molecule has 1 saturated heterocycles. The summed E-state index contributed by atoms with van der Waals surface area (Å²) in [6.07, 6.45) is 2.28. The first kappa shape index (κ1) is 14.7. The molecule has 122 valence electrons. The fourth-order valence-corrected chi connectivity index (χ4v) is 3.08. The Balaban J connectivity index is 1.54. The maximum absolute atomic E-state index is 13.8. The molecule has 0 radical (unpaired) electrons. The number of carbonyl (C=O) groups is 2. The quantitative estimate of drug-likeness (QED) is 0.880. The van der Waals surface area contributed by atoms with Crippen LogP contribution in [-0.2, 0) is 4.79 Å². The van der Waals surface area contributed by atoms with E-state index in [1.807, 2.05) is 0 Å². The van der Waals surface area contributed by atoms with Crippen LogP contribution < -0.4 is 5.32 Å². The summed E-state index contributed by atoms with van der Waals surface area (Å²) in [7, 11) is 0. The highest BCUT2D eigenvalue weighted by Gasteiger charge is 2.49. The van der Waals surface area contributed by atoms with E-state index in [0.717, 1.165) is 11.6 Å². The van der Waals surface area contributed by atoms with Gasteiger partial charge in [0.25, 0.3) is 0 Å². The molecule has 1 aliphatic heterocycles. The van der Waals surface area contributed by atoms with Crippen molar-refractivity contribution in [1.29, 1.82) is 0 Å². The van der Waals surface area contributed by atoms with Gasteiger partial charge in [0.05, 0.1) is 12.2 Å². The van der Waals surface area contributed by atoms with Gasteiger partial charge in [-0.2, -0.15) is 0 Å². The number of hydrogen-bond donors (Lipinski definition) is 1. The third-order valence-electron chi connectivity index (χ3n) is 4.41. The third-order valence-corrected chi connectivity index (χ3v) is 4.41. The normalized spacial score (nSPS) is 22.7. The highest BCUT2D eigenvalue weighted by atomic mass is 19.2. The van der Waals surface area contributed by atoms with Crippen molar-refractivity contribution in [2.24, 2.45) is 0 Å². The summed E-state index contributed by atoms with van der Waals surface area (Å²) < 4.78 is 27.1. The van der Waals surface area contributed by atoms with Gasteiger partial charge < -0.3 is 5.32 Å². The second-order valence-corrected chi connectivity index (χ2v) is 5.91. The van der Waals surface area contributed by atoms with Gasteiger partial charge in [-0.05, 0) is 30.2 Å². The molecule has 3 amide bonds. The summed E-state index contributed by atoms with van der Waals surface area (Å²) >= 11 is 0. The van der Waals surface area contributed by atoms with E-state index in [4.69, 9.17) is 0 Å². The van der Waals surface area contributed by atoms with E-state index in [1.54, 1.807) is 18.3 Å². The minimum Gasteiger partial charge on any atom is -0.329 e.